The highest BCUT2D eigenvalue weighted by molar-refractivity contribution is 6.33. The highest BCUT2D eigenvalue weighted by atomic mass is 35.5. The van der Waals surface area contributed by atoms with Crippen molar-refractivity contribution in [1.82, 2.24) is 14.7 Å². The van der Waals surface area contributed by atoms with Gasteiger partial charge in [0.1, 0.15) is 5.15 Å². The lowest BCUT2D eigenvalue weighted by Gasteiger charge is -2.36. The van der Waals surface area contributed by atoms with Crippen LogP contribution < -0.4 is 4.90 Å². The van der Waals surface area contributed by atoms with Gasteiger partial charge in [-0.1, -0.05) is 35.9 Å². The smallest absolute Gasteiger partial charge is 0.368 e. The second-order valence-electron chi connectivity index (χ2n) is 7.33. The number of aromatic nitrogens is 2. The molecule has 3 aromatic rings. The standard InChI is InChI=1S/C22H20ClF3N4O/c1-15-19(20(23)30(27-15)17-7-3-2-4-8-17)21(31)29-12-10-28(11-13-29)18-9-5-6-16(14-18)22(24,25)26/h2-9,14H,10-13H2,1H3. The Labute approximate surface area is 182 Å². The average Bonchev–Trinajstić information content (AvgIpc) is 3.07. The number of alkyl halides is 3. The molecule has 0 unspecified atom stereocenters. The number of aryl methyl sites for hydroxylation is 1. The summed E-state index contributed by atoms with van der Waals surface area (Å²) in [5, 5.41) is 4.66. The van der Waals surface area contributed by atoms with Crippen molar-refractivity contribution in [3.63, 3.8) is 0 Å². The summed E-state index contributed by atoms with van der Waals surface area (Å²) in [7, 11) is 0. The number of halogens is 4. The molecule has 0 atom stereocenters. The predicted octanol–water partition coefficient (Wildman–Crippen LogP) is 4.82. The van der Waals surface area contributed by atoms with Crippen molar-refractivity contribution in [2.24, 2.45) is 0 Å². The zero-order chi connectivity index (χ0) is 22.2. The van der Waals surface area contributed by atoms with Gasteiger partial charge in [0.15, 0.2) is 0 Å². The minimum atomic E-state index is -4.39. The lowest BCUT2D eigenvalue weighted by atomic mass is 10.1. The zero-order valence-electron chi connectivity index (χ0n) is 16.7. The number of piperazine rings is 1. The van der Waals surface area contributed by atoms with Crippen LogP contribution in [-0.2, 0) is 6.18 Å². The number of nitrogens with zero attached hydrogens (tertiary/aromatic N) is 4. The average molecular weight is 449 g/mol. The van der Waals surface area contributed by atoms with E-state index in [-0.39, 0.29) is 11.1 Å². The van der Waals surface area contributed by atoms with E-state index in [1.807, 2.05) is 35.2 Å². The first-order chi connectivity index (χ1) is 14.8. The second kappa shape index (κ2) is 8.26. The Morgan fingerprint density at radius 1 is 0.968 bits per heavy atom. The fraction of sp³-hybridized carbons (Fsp3) is 0.273. The fourth-order valence-corrected chi connectivity index (χ4v) is 4.04. The molecule has 2 aromatic carbocycles. The van der Waals surface area contributed by atoms with E-state index in [2.05, 4.69) is 5.10 Å². The van der Waals surface area contributed by atoms with Crippen LogP contribution in [0.1, 0.15) is 21.6 Å². The maximum absolute atomic E-state index is 13.1. The van der Waals surface area contributed by atoms with Crippen LogP contribution in [0.2, 0.25) is 5.15 Å². The van der Waals surface area contributed by atoms with Crippen LogP contribution in [-0.4, -0.2) is 46.8 Å². The summed E-state index contributed by atoms with van der Waals surface area (Å²) < 4.78 is 40.5. The summed E-state index contributed by atoms with van der Waals surface area (Å²) in [5.74, 6) is -0.228. The number of benzene rings is 2. The molecule has 1 saturated heterocycles. The quantitative estimate of drug-likeness (QED) is 0.577. The molecule has 0 spiro atoms. The van der Waals surface area contributed by atoms with Crippen LogP contribution in [0.15, 0.2) is 54.6 Å². The van der Waals surface area contributed by atoms with Crippen molar-refractivity contribution in [3.05, 3.63) is 76.6 Å². The van der Waals surface area contributed by atoms with Gasteiger partial charge >= 0.3 is 6.18 Å². The zero-order valence-corrected chi connectivity index (χ0v) is 17.5. The minimum absolute atomic E-state index is 0.228. The lowest BCUT2D eigenvalue weighted by Crippen LogP contribution is -2.49. The van der Waals surface area contributed by atoms with Gasteiger partial charge in [0, 0.05) is 31.9 Å². The Morgan fingerprint density at radius 3 is 2.26 bits per heavy atom. The fourth-order valence-electron chi connectivity index (χ4n) is 3.69. The van der Waals surface area contributed by atoms with E-state index >= 15 is 0 Å². The molecule has 1 amide bonds. The molecule has 1 aliphatic heterocycles. The first kappa shape index (κ1) is 21.2. The molecule has 0 bridgehead atoms. The predicted molar refractivity (Wildman–Crippen MR) is 113 cm³/mol. The molecule has 1 aromatic heterocycles. The molecule has 0 aliphatic carbocycles. The number of anilines is 1. The van der Waals surface area contributed by atoms with Crippen molar-refractivity contribution in [1.29, 1.82) is 0 Å². The van der Waals surface area contributed by atoms with Gasteiger partial charge in [-0.15, -0.1) is 0 Å². The normalized spacial score (nSPS) is 14.7. The summed E-state index contributed by atoms with van der Waals surface area (Å²) in [6.07, 6.45) is -4.39. The Balaban J connectivity index is 1.49. The molecule has 5 nitrogen and oxygen atoms in total. The van der Waals surface area contributed by atoms with Crippen LogP contribution >= 0.6 is 11.6 Å². The second-order valence-corrected chi connectivity index (χ2v) is 7.68. The molecule has 9 heteroatoms. The van der Waals surface area contributed by atoms with E-state index in [0.717, 1.165) is 17.8 Å². The summed E-state index contributed by atoms with van der Waals surface area (Å²) in [4.78, 5) is 16.6. The number of hydrogen-bond acceptors (Lipinski definition) is 3. The number of carbonyl (C=O) groups excluding carboxylic acids is 1. The van der Waals surface area contributed by atoms with Gasteiger partial charge in [0.05, 0.1) is 22.5 Å². The highest BCUT2D eigenvalue weighted by Crippen LogP contribution is 2.32. The van der Waals surface area contributed by atoms with Gasteiger partial charge in [-0.25, -0.2) is 4.68 Å². The molecule has 4 rings (SSSR count). The molecular formula is C22H20ClF3N4O. The maximum Gasteiger partial charge on any atom is 0.416 e. The number of para-hydroxylation sites is 1. The van der Waals surface area contributed by atoms with Gasteiger partial charge < -0.3 is 9.80 Å². The minimum Gasteiger partial charge on any atom is -0.368 e. The first-order valence-corrected chi connectivity index (χ1v) is 10.2. The summed E-state index contributed by atoms with van der Waals surface area (Å²) in [6, 6.07) is 14.5. The molecule has 31 heavy (non-hydrogen) atoms. The van der Waals surface area contributed by atoms with Gasteiger partial charge in [-0.05, 0) is 37.3 Å². The number of amides is 1. The number of rotatable bonds is 3. The van der Waals surface area contributed by atoms with Crippen molar-refractivity contribution in [2.75, 3.05) is 31.1 Å². The van der Waals surface area contributed by atoms with E-state index in [1.165, 1.54) is 10.7 Å². The Hall–Kier alpha value is -3.00. The molecule has 162 valence electrons. The van der Waals surface area contributed by atoms with E-state index in [1.54, 1.807) is 17.9 Å². The van der Waals surface area contributed by atoms with Crippen LogP contribution in [0.25, 0.3) is 5.69 Å². The molecule has 0 radical (unpaired) electrons. The first-order valence-electron chi connectivity index (χ1n) is 9.78. The van der Waals surface area contributed by atoms with Crippen LogP contribution in [0.5, 0.6) is 0 Å². The van der Waals surface area contributed by atoms with Crippen molar-refractivity contribution >= 4 is 23.2 Å². The van der Waals surface area contributed by atoms with Crippen LogP contribution in [0.4, 0.5) is 18.9 Å². The van der Waals surface area contributed by atoms with E-state index in [4.69, 9.17) is 11.6 Å². The van der Waals surface area contributed by atoms with Gasteiger partial charge in [0.25, 0.3) is 5.91 Å². The van der Waals surface area contributed by atoms with Gasteiger partial charge in [-0.3, -0.25) is 4.79 Å². The number of hydrogen-bond donors (Lipinski definition) is 0. The Morgan fingerprint density at radius 2 is 1.61 bits per heavy atom. The van der Waals surface area contributed by atoms with E-state index in [0.29, 0.717) is 43.1 Å². The van der Waals surface area contributed by atoms with Gasteiger partial charge in [0.2, 0.25) is 0 Å². The number of carbonyl (C=O) groups is 1. The maximum atomic E-state index is 13.1. The largest absolute Gasteiger partial charge is 0.416 e. The third-order valence-corrected chi connectivity index (χ3v) is 5.67. The van der Waals surface area contributed by atoms with Crippen molar-refractivity contribution in [2.45, 2.75) is 13.1 Å². The SMILES string of the molecule is Cc1nn(-c2ccccc2)c(Cl)c1C(=O)N1CCN(c2cccc(C(F)(F)F)c2)CC1. The monoisotopic (exact) mass is 448 g/mol. The molecule has 1 aliphatic rings. The van der Waals surface area contributed by atoms with Crippen molar-refractivity contribution in [3.8, 4) is 5.69 Å². The van der Waals surface area contributed by atoms with Crippen molar-refractivity contribution < 1.29 is 18.0 Å². The van der Waals surface area contributed by atoms with Crippen LogP contribution in [0.3, 0.4) is 0 Å². The molecule has 0 saturated carbocycles. The third kappa shape index (κ3) is 4.25. The summed E-state index contributed by atoms with van der Waals surface area (Å²) >= 11 is 6.50. The molecule has 0 N–H and O–H groups in total. The molecule has 1 fully saturated rings. The summed E-state index contributed by atoms with van der Waals surface area (Å²) in [6.45, 7) is 3.34. The molecule has 2 heterocycles. The topological polar surface area (TPSA) is 41.4 Å². The van der Waals surface area contributed by atoms with Gasteiger partial charge in [-0.2, -0.15) is 18.3 Å². The lowest BCUT2D eigenvalue weighted by molar-refractivity contribution is -0.137. The van der Waals surface area contributed by atoms with E-state index in [9.17, 15) is 18.0 Å². The van der Waals surface area contributed by atoms with E-state index < -0.39 is 11.7 Å². The third-order valence-electron chi connectivity index (χ3n) is 5.32. The summed E-state index contributed by atoms with van der Waals surface area (Å²) in [5.41, 5.74) is 1.44. The Bertz CT molecular complexity index is 1090. The highest BCUT2D eigenvalue weighted by Gasteiger charge is 2.32. The van der Waals surface area contributed by atoms with Crippen LogP contribution in [0, 0.1) is 6.92 Å². The molecular weight excluding hydrogens is 429 g/mol. The Kier molecular flexibility index (Phi) is 5.66.